The van der Waals surface area contributed by atoms with E-state index in [0.717, 1.165) is 5.56 Å². The number of hydrogen-bond donors (Lipinski definition) is 2. The Morgan fingerprint density at radius 1 is 1.44 bits per heavy atom. The molecule has 2 N–H and O–H groups in total. The number of nitro groups is 1. The Balaban J connectivity index is 2.69. The lowest BCUT2D eigenvalue weighted by atomic mass is 9.95. The number of nitro benzene ring substituents is 1. The number of benzene rings is 1. The van der Waals surface area contributed by atoms with Gasteiger partial charge in [0.1, 0.15) is 0 Å². The number of nitrogens with zero attached hydrogens (tertiary/aromatic N) is 1. The second-order valence-electron chi connectivity index (χ2n) is 5.24. The molecule has 0 unspecified atom stereocenters. The largest absolute Gasteiger partial charge is 0.396 e. The highest BCUT2D eigenvalue weighted by molar-refractivity contribution is 5.44. The van der Waals surface area contributed by atoms with Gasteiger partial charge in [-0.25, -0.2) is 0 Å². The molecule has 0 aliphatic carbocycles. The van der Waals surface area contributed by atoms with Crippen molar-refractivity contribution in [3.05, 3.63) is 39.4 Å². The van der Waals surface area contributed by atoms with Crippen LogP contribution < -0.4 is 5.32 Å². The van der Waals surface area contributed by atoms with Crippen molar-refractivity contribution >= 4 is 5.69 Å². The van der Waals surface area contributed by atoms with Crippen molar-refractivity contribution in [2.45, 2.75) is 27.3 Å². The van der Waals surface area contributed by atoms with E-state index >= 15 is 0 Å². The molecule has 0 aliphatic heterocycles. The van der Waals surface area contributed by atoms with Gasteiger partial charge in [0, 0.05) is 36.7 Å². The predicted octanol–water partition coefficient (Wildman–Crippen LogP) is 2.01. The first-order chi connectivity index (χ1) is 8.37. The number of hydrogen-bond acceptors (Lipinski definition) is 4. The third kappa shape index (κ3) is 3.78. The van der Waals surface area contributed by atoms with Gasteiger partial charge in [0.05, 0.1) is 4.92 Å². The SMILES string of the molecule is Cc1c(CNCC(C)(C)CO)cccc1[N+](=O)[O-]. The summed E-state index contributed by atoms with van der Waals surface area (Å²) in [6, 6.07) is 5.08. The van der Waals surface area contributed by atoms with Crippen molar-refractivity contribution in [3.63, 3.8) is 0 Å². The molecule has 0 bridgehead atoms. The Morgan fingerprint density at radius 2 is 2.11 bits per heavy atom. The van der Waals surface area contributed by atoms with Gasteiger partial charge in [0.15, 0.2) is 0 Å². The molecular weight excluding hydrogens is 232 g/mol. The molecule has 0 fully saturated rings. The van der Waals surface area contributed by atoms with Crippen molar-refractivity contribution in [1.82, 2.24) is 5.32 Å². The molecule has 0 saturated heterocycles. The number of aliphatic hydroxyl groups is 1. The summed E-state index contributed by atoms with van der Waals surface area (Å²) in [6.07, 6.45) is 0. The Labute approximate surface area is 107 Å². The fourth-order valence-electron chi connectivity index (χ4n) is 1.65. The molecule has 100 valence electrons. The number of aliphatic hydroxyl groups excluding tert-OH is 1. The van der Waals surface area contributed by atoms with Gasteiger partial charge >= 0.3 is 0 Å². The van der Waals surface area contributed by atoms with Crippen LogP contribution in [0.1, 0.15) is 25.0 Å². The molecule has 1 aromatic carbocycles. The van der Waals surface area contributed by atoms with Gasteiger partial charge in [-0.1, -0.05) is 26.0 Å². The molecule has 0 amide bonds. The molecule has 0 heterocycles. The highest BCUT2D eigenvalue weighted by atomic mass is 16.6. The first-order valence-corrected chi connectivity index (χ1v) is 5.92. The minimum atomic E-state index is -0.365. The summed E-state index contributed by atoms with van der Waals surface area (Å²) in [4.78, 5) is 10.4. The van der Waals surface area contributed by atoms with Crippen LogP contribution in [0.15, 0.2) is 18.2 Å². The van der Waals surface area contributed by atoms with E-state index in [1.807, 2.05) is 19.9 Å². The van der Waals surface area contributed by atoms with E-state index in [0.29, 0.717) is 18.7 Å². The third-order valence-electron chi connectivity index (χ3n) is 2.96. The first kappa shape index (κ1) is 14.6. The summed E-state index contributed by atoms with van der Waals surface area (Å²) in [7, 11) is 0. The highest BCUT2D eigenvalue weighted by Gasteiger charge is 2.17. The Bertz CT molecular complexity index is 430. The van der Waals surface area contributed by atoms with Crippen LogP contribution in [0.3, 0.4) is 0 Å². The fourth-order valence-corrected chi connectivity index (χ4v) is 1.65. The van der Waals surface area contributed by atoms with Crippen molar-refractivity contribution < 1.29 is 10.0 Å². The predicted molar refractivity (Wildman–Crippen MR) is 70.4 cm³/mol. The van der Waals surface area contributed by atoms with E-state index in [2.05, 4.69) is 5.32 Å². The van der Waals surface area contributed by atoms with Crippen molar-refractivity contribution in [3.8, 4) is 0 Å². The normalized spacial score (nSPS) is 11.6. The van der Waals surface area contributed by atoms with Crippen molar-refractivity contribution in [1.29, 1.82) is 0 Å². The molecule has 5 heteroatoms. The molecule has 18 heavy (non-hydrogen) atoms. The monoisotopic (exact) mass is 252 g/mol. The van der Waals surface area contributed by atoms with E-state index in [1.54, 1.807) is 13.0 Å². The van der Waals surface area contributed by atoms with Gasteiger partial charge in [-0.2, -0.15) is 0 Å². The average Bonchev–Trinajstić information content (AvgIpc) is 2.31. The number of nitrogens with one attached hydrogen (secondary N) is 1. The van der Waals surface area contributed by atoms with Gasteiger partial charge in [-0.05, 0) is 12.5 Å². The van der Waals surface area contributed by atoms with E-state index in [4.69, 9.17) is 5.11 Å². The maximum atomic E-state index is 10.8. The zero-order chi connectivity index (χ0) is 13.8. The summed E-state index contributed by atoms with van der Waals surface area (Å²) in [6.45, 7) is 7.00. The molecule has 1 rings (SSSR count). The Kier molecular flexibility index (Phi) is 4.81. The quantitative estimate of drug-likeness (QED) is 0.600. The fraction of sp³-hybridized carbons (Fsp3) is 0.538. The van der Waals surface area contributed by atoms with Gasteiger partial charge in [0.2, 0.25) is 0 Å². The van der Waals surface area contributed by atoms with Crippen LogP contribution in [0.2, 0.25) is 0 Å². The Hall–Kier alpha value is -1.46. The zero-order valence-electron chi connectivity index (χ0n) is 11.1. The lowest BCUT2D eigenvalue weighted by Gasteiger charge is -2.22. The van der Waals surface area contributed by atoms with Gasteiger partial charge in [-0.15, -0.1) is 0 Å². The summed E-state index contributed by atoms with van der Waals surface area (Å²) >= 11 is 0. The highest BCUT2D eigenvalue weighted by Crippen LogP contribution is 2.21. The molecule has 5 nitrogen and oxygen atoms in total. The van der Waals surface area contributed by atoms with Crippen LogP contribution in [-0.4, -0.2) is 23.2 Å². The summed E-state index contributed by atoms with van der Waals surface area (Å²) in [5, 5.41) is 23.2. The summed E-state index contributed by atoms with van der Waals surface area (Å²) in [5.74, 6) is 0. The molecule has 1 aromatic rings. The van der Waals surface area contributed by atoms with Gasteiger partial charge < -0.3 is 10.4 Å². The second kappa shape index (κ2) is 5.93. The van der Waals surface area contributed by atoms with Crippen LogP contribution in [0, 0.1) is 22.5 Å². The third-order valence-corrected chi connectivity index (χ3v) is 2.96. The lowest BCUT2D eigenvalue weighted by Crippen LogP contribution is -2.32. The van der Waals surface area contributed by atoms with Crippen molar-refractivity contribution in [2.75, 3.05) is 13.2 Å². The van der Waals surface area contributed by atoms with Crippen molar-refractivity contribution in [2.24, 2.45) is 5.41 Å². The average molecular weight is 252 g/mol. The maximum Gasteiger partial charge on any atom is 0.272 e. The van der Waals surface area contributed by atoms with E-state index in [1.165, 1.54) is 6.07 Å². The van der Waals surface area contributed by atoms with E-state index < -0.39 is 0 Å². The lowest BCUT2D eigenvalue weighted by molar-refractivity contribution is -0.385. The molecule has 0 aliphatic rings. The van der Waals surface area contributed by atoms with Crippen LogP contribution in [0.5, 0.6) is 0 Å². The van der Waals surface area contributed by atoms with Crippen LogP contribution in [0.25, 0.3) is 0 Å². The minimum absolute atomic E-state index is 0.105. The number of rotatable bonds is 6. The second-order valence-corrected chi connectivity index (χ2v) is 5.24. The molecule has 0 atom stereocenters. The van der Waals surface area contributed by atoms with E-state index in [9.17, 15) is 10.1 Å². The maximum absolute atomic E-state index is 10.8. The zero-order valence-corrected chi connectivity index (χ0v) is 11.1. The standard InChI is InChI=1S/C13H20N2O3/c1-10-11(5-4-6-12(10)15(17)18)7-14-8-13(2,3)9-16/h4-6,14,16H,7-9H2,1-3H3. The molecule has 0 spiro atoms. The van der Waals surface area contributed by atoms with Crippen LogP contribution in [0.4, 0.5) is 5.69 Å². The minimum Gasteiger partial charge on any atom is -0.396 e. The first-order valence-electron chi connectivity index (χ1n) is 5.92. The molecule has 0 saturated carbocycles. The van der Waals surface area contributed by atoms with Crippen LogP contribution in [-0.2, 0) is 6.54 Å². The summed E-state index contributed by atoms with van der Waals surface area (Å²) in [5.41, 5.74) is 1.57. The topological polar surface area (TPSA) is 75.4 Å². The molecular formula is C13H20N2O3. The van der Waals surface area contributed by atoms with E-state index in [-0.39, 0.29) is 22.6 Å². The van der Waals surface area contributed by atoms with Crippen LogP contribution >= 0.6 is 0 Å². The van der Waals surface area contributed by atoms with Gasteiger partial charge in [-0.3, -0.25) is 10.1 Å². The molecule has 0 radical (unpaired) electrons. The smallest absolute Gasteiger partial charge is 0.272 e. The molecule has 0 aromatic heterocycles. The van der Waals surface area contributed by atoms with Gasteiger partial charge in [0.25, 0.3) is 5.69 Å². The summed E-state index contributed by atoms with van der Waals surface area (Å²) < 4.78 is 0. The Morgan fingerprint density at radius 3 is 2.67 bits per heavy atom.